The molecule has 1 fully saturated rings. The molecule has 19 heavy (non-hydrogen) atoms. The first kappa shape index (κ1) is 14.5. The summed E-state index contributed by atoms with van der Waals surface area (Å²) in [6.45, 7) is 0. The largest absolute Gasteiger partial charge is 0.299 e. The Morgan fingerprint density at radius 3 is 2.79 bits per heavy atom. The van der Waals surface area contributed by atoms with Crippen LogP contribution in [0.15, 0.2) is 18.2 Å². The molecule has 0 bridgehead atoms. The minimum atomic E-state index is -2.98. The highest BCUT2D eigenvalue weighted by atomic mass is 35.5. The summed E-state index contributed by atoms with van der Waals surface area (Å²) in [4.78, 5) is 11.8. The third-order valence-corrected chi connectivity index (χ3v) is 5.39. The van der Waals surface area contributed by atoms with Gasteiger partial charge >= 0.3 is 0 Å². The van der Waals surface area contributed by atoms with E-state index in [1.807, 2.05) is 0 Å². The van der Waals surface area contributed by atoms with E-state index in [0.29, 0.717) is 6.42 Å². The molecule has 1 aliphatic heterocycles. The van der Waals surface area contributed by atoms with E-state index in [1.54, 1.807) is 6.07 Å². The molecule has 1 heterocycles. The molecule has 1 aromatic rings. The van der Waals surface area contributed by atoms with Crippen LogP contribution in [0, 0.1) is 11.7 Å². The van der Waals surface area contributed by atoms with E-state index in [4.69, 9.17) is 11.6 Å². The number of rotatable bonds is 4. The Morgan fingerprint density at radius 2 is 2.16 bits per heavy atom. The van der Waals surface area contributed by atoms with E-state index in [0.717, 1.165) is 0 Å². The quantitative estimate of drug-likeness (QED) is 0.858. The van der Waals surface area contributed by atoms with Gasteiger partial charge in [0, 0.05) is 12.8 Å². The number of sulfone groups is 1. The molecule has 1 saturated heterocycles. The number of hydrogen-bond acceptors (Lipinski definition) is 3. The van der Waals surface area contributed by atoms with Crippen molar-refractivity contribution in [3.63, 3.8) is 0 Å². The lowest BCUT2D eigenvalue weighted by Gasteiger charge is -2.07. The standard InChI is InChI=1S/C13H14ClFO3S/c14-12-3-1-2-10(13(12)15)7-11(16)6-9-4-5-19(17,18)8-9/h1-3,9H,4-8H2. The lowest BCUT2D eigenvalue weighted by Crippen LogP contribution is -2.13. The van der Waals surface area contributed by atoms with Gasteiger partial charge in [-0.3, -0.25) is 4.79 Å². The van der Waals surface area contributed by atoms with Gasteiger partial charge in [0.2, 0.25) is 0 Å². The summed E-state index contributed by atoms with van der Waals surface area (Å²) >= 11 is 5.64. The van der Waals surface area contributed by atoms with E-state index in [-0.39, 0.29) is 46.6 Å². The van der Waals surface area contributed by atoms with E-state index in [1.165, 1.54) is 12.1 Å². The van der Waals surface area contributed by atoms with Gasteiger partial charge in [0.1, 0.15) is 11.6 Å². The molecule has 1 aromatic carbocycles. The molecule has 3 nitrogen and oxygen atoms in total. The van der Waals surface area contributed by atoms with E-state index in [2.05, 4.69) is 0 Å². The van der Waals surface area contributed by atoms with Gasteiger partial charge in [0.25, 0.3) is 0 Å². The predicted molar refractivity (Wildman–Crippen MR) is 71.5 cm³/mol. The first-order chi connectivity index (χ1) is 8.87. The molecule has 0 spiro atoms. The normalized spacial score (nSPS) is 21.5. The van der Waals surface area contributed by atoms with Gasteiger partial charge in [0.15, 0.2) is 9.84 Å². The zero-order chi connectivity index (χ0) is 14.0. The number of benzene rings is 1. The number of carbonyl (C=O) groups is 1. The smallest absolute Gasteiger partial charge is 0.150 e. The lowest BCUT2D eigenvalue weighted by atomic mass is 9.98. The summed E-state index contributed by atoms with van der Waals surface area (Å²) in [6.07, 6.45) is 0.667. The molecule has 104 valence electrons. The van der Waals surface area contributed by atoms with Crippen molar-refractivity contribution in [2.75, 3.05) is 11.5 Å². The van der Waals surface area contributed by atoms with Crippen LogP contribution in [0.1, 0.15) is 18.4 Å². The molecule has 1 unspecified atom stereocenters. The molecule has 0 saturated carbocycles. The fraction of sp³-hybridized carbons (Fsp3) is 0.462. The van der Waals surface area contributed by atoms with Crippen LogP contribution >= 0.6 is 11.6 Å². The summed E-state index contributed by atoms with van der Waals surface area (Å²) in [7, 11) is -2.98. The minimum Gasteiger partial charge on any atom is -0.299 e. The first-order valence-corrected chi connectivity index (χ1v) is 8.22. The second kappa shape index (κ2) is 5.59. The molecular formula is C13H14ClFO3S. The van der Waals surface area contributed by atoms with Crippen LogP contribution in [0.5, 0.6) is 0 Å². The van der Waals surface area contributed by atoms with Crippen LogP contribution in [0.25, 0.3) is 0 Å². The predicted octanol–water partition coefficient (Wildman–Crippen LogP) is 2.42. The van der Waals surface area contributed by atoms with Crippen molar-refractivity contribution in [2.24, 2.45) is 5.92 Å². The van der Waals surface area contributed by atoms with Gasteiger partial charge in [-0.2, -0.15) is 0 Å². The van der Waals surface area contributed by atoms with Gasteiger partial charge in [-0.1, -0.05) is 23.7 Å². The average molecular weight is 305 g/mol. The maximum atomic E-state index is 13.6. The highest BCUT2D eigenvalue weighted by molar-refractivity contribution is 7.91. The van der Waals surface area contributed by atoms with Gasteiger partial charge in [-0.15, -0.1) is 0 Å². The van der Waals surface area contributed by atoms with Crippen molar-refractivity contribution >= 4 is 27.2 Å². The molecule has 1 atom stereocenters. The Balaban J connectivity index is 1.97. The number of carbonyl (C=O) groups excluding carboxylic acids is 1. The summed E-state index contributed by atoms with van der Waals surface area (Å²) in [5.74, 6) is -0.632. The summed E-state index contributed by atoms with van der Waals surface area (Å²) in [5.41, 5.74) is 0.262. The first-order valence-electron chi connectivity index (χ1n) is 6.02. The molecule has 0 aliphatic carbocycles. The van der Waals surface area contributed by atoms with Crippen LogP contribution in [0.4, 0.5) is 4.39 Å². The maximum absolute atomic E-state index is 13.6. The summed E-state index contributed by atoms with van der Waals surface area (Å²) in [5, 5.41) is -0.00579. The fourth-order valence-corrected chi connectivity index (χ4v) is 4.38. The van der Waals surface area contributed by atoms with Crippen LogP contribution in [-0.4, -0.2) is 25.7 Å². The number of hydrogen-bond donors (Lipinski definition) is 0. The molecular weight excluding hydrogens is 291 g/mol. The Kier molecular flexibility index (Phi) is 4.26. The highest BCUT2D eigenvalue weighted by Crippen LogP contribution is 2.24. The monoisotopic (exact) mass is 304 g/mol. The van der Waals surface area contributed by atoms with E-state index in [9.17, 15) is 17.6 Å². The van der Waals surface area contributed by atoms with Gasteiger partial charge < -0.3 is 0 Å². The van der Waals surface area contributed by atoms with E-state index < -0.39 is 15.7 Å². The van der Waals surface area contributed by atoms with Crippen molar-refractivity contribution < 1.29 is 17.6 Å². The maximum Gasteiger partial charge on any atom is 0.150 e. The minimum absolute atomic E-state index is 0.00579. The second-order valence-electron chi connectivity index (χ2n) is 4.90. The number of Topliss-reactive ketones (excluding diaryl/α,β-unsaturated/α-hetero) is 1. The molecule has 0 aromatic heterocycles. The summed E-state index contributed by atoms with van der Waals surface area (Å²) < 4.78 is 36.2. The molecule has 2 rings (SSSR count). The average Bonchev–Trinajstić information content (AvgIpc) is 2.64. The number of ketones is 1. The molecule has 0 amide bonds. The highest BCUT2D eigenvalue weighted by Gasteiger charge is 2.29. The number of halogens is 2. The van der Waals surface area contributed by atoms with Crippen LogP contribution < -0.4 is 0 Å². The van der Waals surface area contributed by atoms with Gasteiger partial charge in [0.05, 0.1) is 16.5 Å². The Morgan fingerprint density at radius 1 is 1.42 bits per heavy atom. The topological polar surface area (TPSA) is 51.2 Å². The van der Waals surface area contributed by atoms with Gasteiger partial charge in [-0.25, -0.2) is 12.8 Å². The fourth-order valence-electron chi connectivity index (χ4n) is 2.32. The zero-order valence-corrected chi connectivity index (χ0v) is 11.8. The SMILES string of the molecule is O=C(Cc1cccc(Cl)c1F)CC1CCS(=O)(=O)C1. The van der Waals surface area contributed by atoms with Crippen molar-refractivity contribution in [2.45, 2.75) is 19.3 Å². The molecule has 1 aliphatic rings. The third-order valence-electron chi connectivity index (χ3n) is 3.26. The second-order valence-corrected chi connectivity index (χ2v) is 7.54. The molecule has 0 N–H and O–H groups in total. The molecule has 0 radical (unpaired) electrons. The van der Waals surface area contributed by atoms with Crippen LogP contribution in [-0.2, 0) is 21.1 Å². The third kappa shape index (κ3) is 3.76. The Labute approximate surface area is 116 Å². The van der Waals surface area contributed by atoms with Crippen molar-refractivity contribution in [3.8, 4) is 0 Å². The lowest BCUT2D eigenvalue weighted by molar-refractivity contribution is -0.119. The van der Waals surface area contributed by atoms with Crippen molar-refractivity contribution in [3.05, 3.63) is 34.6 Å². The van der Waals surface area contributed by atoms with Crippen LogP contribution in [0.2, 0.25) is 5.02 Å². The van der Waals surface area contributed by atoms with Crippen molar-refractivity contribution in [1.82, 2.24) is 0 Å². The molecule has 6 heteroatoms. The van der Waals surface area contributed by atoms with Crippen molar-refractivity contribution in [1.29, 1.82) is 0 Å². The Hall–Kier alpha value is -0.940. The van der Waals surface area contributed by atoms with Crippen LogP contribution in [0.3, 0.4) is 0 Å². The zero-order valence-electron chi connectivity index (χ0n) is 10.2. The van der Waals surface area contributed by atoms with Gasteiger partial charge in [-0.05, 0) is 24.0 Å². The van der Waals surface area contributed by atoms with E-state index >= 15 is 0 Å². The summed E-state index contributed by atoms with van der Waals surface area (Å²) in [6, 6.07) is 4.53. The Bertz CT molecular complexity index is 598.